The van der Waals surface area contributed by atoms with Gasteiger partial charge in [0.25, 0.3) is 0 Å². The average molecular weight is 373 g/mol. The number of nitrogens with one attached hydrogen (secondary N) is 1. The second kappa shape index (κ2) is 7.98. The van der Waals surface area contributed by atoms with Crippen LogP contribution in [0.2, 0.25) is 0 Å². The van der Waals surface area contributed by atoms with Gasteiger partial charge < -0.3 is 20.2 Å². The molecular weight excluding hydrogens is 346 g/mol. The molecule has 0 aromatic heterocycles. The summed E-state index contributed by atoms with van der Waals surface area (Å²) in [5.41, 5.74) is 0.932. The number of hydrogen-bond acceptors (Lipinski definition) is 3. The summed E-state index contributed by atoms with van der Waals surface area (Å²) in [4.78, 5) is 40.5. The van der Waals surface area contributed by atoms with Crippen molar-refractivity contribution in [1.29, 1.82) is 0 Å². The third kappa shape index (κ3) is 4.07. The number of benzene rings is 1. The van der Waals surface area contributed by atoms with Crippen LogP contribution in [0.5, 0.6) is 0 Å². The van der Waals surface area contributed by atoms with Crippen molar-refractivity contribution in [3.63, 3.8) is 0 Å². The van der Waals surface area contributed by atoms with Gasteiger partial charge in [-0.1, -0.05) is 30.3 Å². The smallest absolute Gasteiger partial charge is 0.318 e. The lowest BCUT2D eigenvalue weighted by atomic mass is 9.89. The molecule has 2 heterocycles. The van der Waals surface area contributed by atoms with Gasteiger partial charge in [0.05, 0.1) is 5.92 Å². The summed E-state index contributed by atoms with van der Waals surface area (Å²) in [6, 6.07) is 8.74. The minimum atomic E-state index is -0.889. The number of carboxylic acid groups (broad SMARTS) is 1. The van der Waals surface area contributed by atoms with Crippen LogP contribution in [0, 0.1) is 5.92 Å². The number of carbonyl (C=O) groups is 3. The van der Waals surface area contributed by atoms with E-state index < -0.39 is 17.9 Å². The molecule has 3 amide bonds. The summed E-state index contributed by atoms with van der Waals surface area (Å²) in [7, 11) is 0. The van der Waals surface area contributed by atoms with Crippen LogP contribution < -0.4 is 5.32 Å². The standard InChI is InChI=1S/C20H27N3O4/c1-13(2)21-20(27)23-10-6-9-17(23)18(24)22-11-15(16(12-22)19(25)26)14-7-4-3-5-8-14/h3-5,7-8,13,15-17H,6,9-12H2,1-2H3,(H,21,27)(H,25,26)/t15-,16-,17-/m0/s1. The van der Waals surface area contributed by atoms with Crippen LogP contribution in [0.3, 0.4) is 0 Å². The molecule has 7 heteroatoms. The number of hydrogen-bond donors (Lipinski definition) is 2. The van der Waals surface area contributed by atoms with Gasteiger partial charge in [-0.15, -0.1) is 0 Å². The Morgan fingerprint density at radius 1 is 1.15 bits per heavy atom. The van der Waals surface area contributed by atoms with Crippen molar-refractivity contribution in [1.82, 2.24) is 15.1 Å². The quantitative estimate of drug-likeness (QED) is 0.843. The molecular formula is C20H27N3O4. The van der Waals surface area contributed by atoms with Crippen LogP contribution in [0.25, 0.3) is 0 Å². The van der Waals surface area contributed by atoms with Gasteiger partial charge in [-0.3, -0.25) is 9.59 Å². The maximum absolute atomic E-state index is 13.1. The lowest BCUT2D eigenvalue weighted by Crippen LogP contribution is -2.51. The van der Waals surface area contributed by atoms with Gasteiger partial charge in [-0.2, -0.15) is 0 Å². The van der Waals surface area contributed by atoms with Crippen molar-refractivity contribution in [2.75, 3.05) is 19.6 Å². The van der Waals surface area contributed by atoms with E-state index in [1.807, 2.05) is 44.2 Å². The predicted octanol–water partition coefficient (Wildman–Crippen LogP) is 1.90. The molecule has 7 nitrogen and oxygen atoms in total. The summed E-state index contributed by atoms with van der Waals surface area (Å²) in [5, 5.41) is 12.5. The molecule has 3 rings (SSSR count). The maximum Gasteiger partial charge on any atom is 0.318 e. The zero-order chi connectivity index (χ0) is 19.6. The summed E-state index contributed by atoms with van der Waals surface area (Å²) in [6.45, 7) is 4.87. The molecule has 0 aliphatic carbocycles. The number of likely N-dealkylation sites (tertiary alicyclic amines) is 2. The van der Waals surface area contributed by atoms with Gasteiger partial charge in [0, 0.05) is 31.6 Å². The SMILES string of the molecule is CC(C)NC(=O)N1CCC[C@H]1C(=O)N1C[C@H](C(=O)O)[C@H](c2ccccc2)C1. The average Bonchev–Trinajstić information content (AvgIpc) is 3.29. The fourth-order valence-electron chi connectivity index (χ4n) is 4.08. The normalized spacial score (nSPS) is 25.1. The molecule has 0 bridgehead atoms. The molecule has 2 saturated heterocycles. The number of nitrogens with zero attached hydrogens (tertiary/aromatic N) is 2. The van der Waals surface area contributed by atoms with Crippen LogP contribution in [0.4, 0.5) is 4.79 Å². The molecule has 146 valence electrons. The fourth-order valence-corrected chi connectivity index (χ4v) is 4.08. The van der Waals surface area contributed by atoms with E-state index in [-0.39, 0.29) is 30.4 Å². The van der Waals surface area contributed by atoms with Gasteiger partial charge >= 0.3 is 12.0 Å². The van der Waals surface area contributed by atoms with Gasteiger partial charge in [0.2, 0.25) is 5.91 Å². The maximum atomic E-state index is 13.1. The van der Waals surface area contributed by atoms with Crippen molar-refractivity contribution in [3.05, 3.63) is 35.9 Å². The van der Waals surface area contributed by atoms with Crippen molar-refractivity contribution in [2.45, 2.75) is 44.7 Å². The van der Waals surface area contributed by atoms with Crippen LogP contribution >= 0.6 is 0 Å². The first-order valence-corrected chi connectivity index (χ1v) is 9.52. The zero-order valence-corrected chi connectivity index (χ0v) is 15.8. The monoisotopic (exact) mass is 373 g/mol. The molecule has 2 aliphatic rings. The van der Waals surface area contributed by atoms with E-state index in [0.29, 0.717) is 19.5 Å². The Kier molecular flexibility index (Phi) is 5.68. The number of carbonyl (C=O) groups excluding carboxylic acids is 2. The molecule has 1 aromatic rings. The largest absolute Gasteiger partial charge is 0.481 e. The Bertz CT molecular complexity index is 706. The molecule has 3 atom stereocenters. The molecule has 2 N–H and O–H groups in total. The van der Waals surface area contributed by atoms with E-state index in [9.17, 15) is 19.5 Å². The Labute approximate surface area is 159 Å². The molecule has 0 radical (unpaired) electrons. The number of carboxylic acids is 1. The van der Waals surface area contributed by atoms with Crippen LogP contribution in [0.1, 0.15) is 38.2 Å². The first kappa shape index (κ1) is 19.2. The second-order valence-electron chi connectivity index (χ2n) is 7.66. The van der Waals surface area contributed by atoms with E-state index in [1.54, 1.807) is 9.80 Å². The third-order valence-corrected chi connectivity index (χ3v) is 5.39. The molecule has 0 spiro atoms. The van der Waals surface area contributed by atoms with Crippen molar-refractivity contribution in [2.24, 2.45) is 5.92 Å². The highest BCUT2D eigenvalue weighted by Crippen LogP contribution is 2.34. The molecule has 0 unspecified atom stereocenters. The van der Waals surface area contributed by atoms with E-state index >= 15 is 0 Å². The zero-order valence-electron chi connectivity index (χ0n) is 15.8. The van der Waals surface area contributed by atoms with Crippen LogP contribution in [-0.4, -0.2) is 64.5 Å². The van der Waals surface area contributed by atoms with Gasteiger partial charge in [0.15, 0.2) is 0 Å². The highest BCUT2D eigenvalue weighted by molar-refractivity contribution is 5.88. The first-order chi connectivity index (χ1) is 12.9. The molecule has 0 saturated carbocycles. The minimum Gasteiger partial charge on any atom is -0.481 e. The van der Waals surface area contributed by atoms with E-state index in [0.717, 1.165) is 12.0 Å². The Balaban J connectivity index is 1.75. The molecule has 27 heavy (non-hydrogen) atoms. The van der Waals surface area contributed by atoms with E-state index in [2.05, 4.69) is 5.32 Å². The Hall–Kier alpha value is -2.57. The summed E-state index contributed by atoms with van der Waals surface area (Å²) < 4.78 is 0. The Morgan fingerprint density at radius 3 is 2.48 bits per heavy atom. The second-order valence-corrected chi connectivity index (χ2v) is 7.66. The molecule has 2 aliphatic heterocycles. The van der Waals surface area contributed by atoms with Crippen LogP contribution in [-0.2, 0) is 9.59 Å². The highest BCUT2D eigenvalue weighted by atomic mass is 16.4. The van der Waals surface area contributed by atoms with Gasteiger partial charge in [-0.05, 0) is 32.3 Å². The number of urea groups is 1. The highest BCUT2D eigenvalue weighted by Gasteiger charge is 2.44. The third-order valence-electron chi connectivity index (χ3n) is 5.39. The van der Waals surface area contributed by atoms with E-state index in [4.69, 9.17) is 0 Å². The Morgan fingerprint density at radius 2 is 1.85 bits per heavy atom. The van der Waals surface area contributed by atoms with Gasteiger partial charge in [-0.25, -0.2) is 4.79 Å². The van der Waals surface area contributed by atoms with Crippen molar-refractivity contribution in [3.8, 4) is 0 Å². The molecule has 1 aromatic carbocycles. The lowest BCUT2D eigenvalue weighted by molar-refractivity contribution is -0.142. The molecule has 2 fully saturated rings. The minimum absolute atomic E-state index is 0.000472. The predicted molar refractivity (Wildman–Crippen MR) is 100 cm³/mol. The van der Waals surface area contributed by atoms with Gasteiger partial charge in [0.1, 0.15) is 6.04 Å². The number of amides is 3. The number of aliphatic carboxylic acids is 1. The summed E-state index contributed by atoms with van der Waals surface area (Å²) in [6.07, 6.45) is 1.40. The fraction of sp³-hybridized carbons (Fsp3) is 0.550. The van der Waals surface area contributed by atoms with Crippen LogP contribution in [0.15, 0.2) is 30.3 Å². The lowest BCUT2D eigenvalue weighted by Gasteiger charge is -2.28. The topological polar surface area (TPSA) is 90.0 Å². The summed E-state index contributed by atoms with van der Waals surface area (Å²) in [5.74, 6) is -1.89. The van der Waals surface area contributed by atoms with Crippen molar-refractivity contribution >= 4 is 17.9 Å². The summed E-state index contributed by atoms with van der Waals surface area (Å²) >= 11 is 0. The first-order valence-electron chi connectivity index (χ1n) is 9.52. The van der Waals surface area contributed by atoms with Crippen molar-refractivity contribution < 1.29 is 19.5 Å². The van der Waals surface area contributed by atoms with E-state index in [1.165, 1.54) is 0 Å². The number of rotatable bonds is 4.